The first-order valence-electron chi connectivity index (χ1n) is 5.32. The number of hydrogen-bond donors (Lipinski definition) is 0. The average Bonchev–Trinajstić information content (AvgIpc) is 2.64. The molecule has 0 fully saturated rings. The second kappa shape index (κ2) is 6.98. The molecule has 1 aromatic heterocycles. The van der Waals surface area contributed by atoms with E-state index in [0.29, 0.717) is 5.92 Å². The van der Waals surface area contributed by atoms with E-state index in [1.54, 1.807) is 19.5 Å². The van der Waals surface area contributed by atoms with Crippen molar-refractivity contribution in [3.63, 3.8) is 0 Å². The Bertz CT molecular complexity index is 322. The second-order valence-corrected chi connectivity index (χ2v) is 3.14. The summed E-state index contributed by atoms with van der Waals surface area (Å²) in [6, 6.07) is 0. The molecule has 0 aliphatic carbocycles. The largest absolute Gasteiger partial charge is 0.303 e. The van der Waals surface area contributed by atoms with Crippen LogP contribution in [-0.2, 0) is 0 Å². The monoisotopic (exact) mass is 207 g/mol. The summed E-state index contributed by atoms with van der Waals surface area (Å²) in [5.41, 5.74) is 1.16. The number of imidazole rings is 1. The maximum atomic E-state index is 4.24. The van der Waals surface area contributed by atoms with Gasteiger partial charge in [0.1, 0.15) is 0 Å². The van der Waals surface area contributed by atoms with E-state index in [1.165, 1.54) is 0 Å². The Kier molecular flexibility index (Phi) is 6.34. The van der Waals surface area contributed by atoms with Gasteiger partial charge in [-0.2, -0.15) is 0 Å². The maximum absolute atomic E-state index is 4.24. The maximum Gasteiger partial charge on any atom is 0.154 e. The molecule has 1 heterocycles. The van der Waals surface area contributed by atoms with Gasteiger partial charge in [0, 0.05) is 25.1 Å². The van der Waals surface area contributed by atoms with Crippen molar-refractivity contribution in [3.05, 3.63) is 24.3 Å². The van der Waals surface area contributed by atoms with Gasteiger partial charge in [-0.3, -0.25) is 4.99 Å². The van der Waals surface area contributed by atoms with Crippen molar-refractivity contribution in [1.82, 2.24) is 9.55 Å². The van der Waals surface area contributed by atoms with E-state index in [4.69, 9.17) is 0 Å². The van der Waals surface area contributed by atoms with E-state index < -0.39 is 0 Å². The fraction of sp³-hybridized carbons (Fsp3) is 0.500. The van der Waals surface area contributed by atoms with Crippen molar-refractivity contribution in [2.75, 3.05) is 7.05 Å². The van der Waals surface area contributed by atoms with Crippen LogP contribution in [0.3, 0.4) is 0 Å². The van der Waals surface area contributed by atoms with Gasteiger partial charge < -0.3 is 4.57 Å². The summed E-state index contributed by atoms with van der Waals surface area (Å²) < 4.78 is 1.96. The normalized spacial score (nSPS) is 10.3. The second-order valence-electron chi connectivity index (χ2n) is 3.14. The van der Waals surface area contributed by atoms with Gasteiger partial charge >= 0.3 is 0 Å². The SMILES string of the molecule is C=Cn1c(C(C)C)cnc1C=NC.CC. The lowest BCUT2D eigenvalue weighted by Gasteiger charge is -2.06. The molecule has 0 atom stereocenters. The van der Waals surface area contributed by atoms with Crippen molar-refractivity contribution < 1.29 is 0 Å². The van der Waals surface area contributed by atoms with Gasteiger partial charge in [-0.1, -0.05) is 34.3 Å². The van der Waals surface area contributed by atoms with Crippen molar-refractivity contribution in [2.24, 2.45) is 4.99 Å². The molecule has 0 aliphatic rings. The Morgan fingerprint density at radius 2 is 2.07 bits per heavy atom. The number of hydrogen-bond acceptors (Lipinski definition) is 2. The fourth-order valence-corrected chi connectivity index (χ4v) is 1.23. The zero-order chi connectivity index (χ0) is 11.8. The number of aromatic nitrogens is 2. The zero-order valence-corrected chi connectivity index (χ0v) is 10.4. The summed E-state index contributed by atoms with van der Waals surface area (Å²) in [6.45, 7) is 12.0. The lowest BCUT2D eigenvalue weighted by Crippen LogP contribution is -2.00. The first-order chi connectivity index (χ1) is 7.20. The molecule has 0 amide bonds. The van der Waals surface area contributed by atoms with Gasteiger partial charge in [0.2, 0.25) is 0 Å². The van der Waals surface area contributed by atoms with Crippen LogP contribution in [0, 0.1) is 0 Å². The van der Waals surface area contributed by atoms with E-state index >= 15 is 0 Å². The molecule has 0 aromatic carbocycles. The van der Waals surface area contributed by atoms with Crippen LogP contribution in [-0.4, -0.2) is 22.8 Å². The van der Waals surface area contributed by atoms with Crippen molar-refractivity contribution in [2.45, 2.75) is 33.6 Å². The summed E-state index contributed by atoms with van der Waals surface area (Å²) in [5.74, 6) is 1.28. The Labute approximate surface area is 92.6 Å². The Hall–Kier alpha value is -1.38. The summed E-state index contributed by atoms with van der Waals surface area (Å²) in [5, 5.41) is 0. The molecule has 0 bridgehead atoms. The van der Waals surface area contributed by atoms with Crippen LogP contribution in [0.2, 0.25) is 0 Å². The molecular formula is C12H21N3. The van der Waals surface area contributed by atoms with Gasteiger partial charge in [0.15, 0.2) is 5.82 Å². The van der Waals surface area contributed by atoms with Crippen LogP contribution in [0.4, 0.5) is 0 Å². The molecule has 84 valence electrons. The van der Waals surface area contributed by atoms with E-state index in [-0.39, 0.29) is 0 Å². The fourth-order valence-electron chi connectivity index (χ4n) is 1.23. The number of rotatable bonds is 3. The highest BCUT2D eigenvalue weighted by Crippen LogP contribution is 2.15. The minimum atomic E-state index is 0.449. The lowest BCUT2D eigenvalue weighted by molar-refractivity contribution is 0.801. The summed E-state index contributed by atoms with van der Waals surface area (Å²) in [6.07, 6.45) is 5.36. The van der Waals surface area contributed by atoms with Crippen LogP contribution < -0.4 is 0 Å². The molecule has 0 saturated heterocycles. The molecular weight excluding hydrogens is 186 g/mol. The minimum Gasteiger partial charge on any atom is -0.303 e. The predicted molar refractivity (Wildman–Crippen MR) is 67.6 cm³/mol. The van der Waals surface area contributed by atoms with Crippen LogP contribution in [0.1, 0.15) is 45.1 Å². The average molecular weight is 207 g/mol. The van der Waals surface area contributed by atoms with Gasteiger partial charge in [-0.15, -0.1) is 0 Å². The molecule has 15 heavy (non-hydrogen) atoms. The summed E-state index contributed by atoms with van der Waals surface area (Å²) in [7, 11) is 1.73. The third kappa shape index (κ3) is 3.35. The standard InChI is InChI=1S/C10H15N3.C2H6/c1-5-13-9(8(2)3)6-12-10(13)7-11-4;1-2/h5-8H,1H2,2-4H3;1-2H3. The van der Waals surface area contributed by atoms with E-state index in [0.717, 1.165) is 11.5 Å². The predicted octanol–water partition coefficient (Wildman–Crippen LogP) is 3.18. The Morgan fingerprint density at radius 1 is 1.47 bits per heavy atom. The highest BCUT2D eigenvalue weighted by molar-refractivity contribution is 5.76. The summed E-state index contributed by atoms with van der Waals surface area (Å²) in [4.78, 5) is 8.17. The Balaban J connectivity index is 0.000000921. The summed E-state index contributed by atoms with van der Waals surface area (Å²) >= 11 is 0. The molecule has 3 nitrogen and oxygen atoms in total. The highest BCUT2D eigenvalue weighted by atomic mass is 15.1. The minimum absolute atomic E-state index is 0.449. The van der Waals surface area contributed by atoms with Gasteiger partial charge in [0.05, 0.1) is 6.21 Å². The van der Waals surface area contributed by atoms with E-state index in [1.807, 2.05) is 24.6 Å². The van der Waals surface area contributed by atoms with Gasteiger partial charge in [-0.05, 0) is 5.92 Å². The molecule has 0 saturated carbocycles. The van der Waals surface area contributed by atoms with Crippen molar-refractivity contribution in [1.29, 1.82) is 0 Å². The molecule has 0 aliphatic heterocycles. The zero-order valence-electron chi connectivity index (χ0n) is 10.4. The first-order valence-corrected chi connectivity index (χ1v) is 5.32. The molecule has 1 rings (SSSR count). The quantitative estimate of drug-likeness (QED) is 0.700. The smallest absolute Gasteiger partial charge is 0.154 e. The van der Waals surface area contributed by atoms with Gasteiger partial charge in [-0.25, -0.2) is 4.98 Å². The third-order valence-electron chi connectivity index (χ3n) is 1.87. The molecule has 1 aromatic rings. The van der Waals surface area contributed by atoms with Crippen LogP contribution in [0.5, 0.6) is 0 Å². The van der Waals surface area contributed by atoms with Crippen molar-refractivity contribution >= 4 is 12.4 Å². The first kappa shape index (κ1) is 13.6. The van der Waals surface area contributed by atoms with Crippen LogP contribution in [0.25, 0.3) is 6.20 Å². The van der Waals surface area contributed by atoms with Crippen LogP contribution in [0.15, 0.2) is 17.8 Å². The van der Waals surface area contributed by atoms with E-state index in [9.17, 15) is 0 Å². The third-order valence-corrected chi connectivity index (χ3v) is 1.87. The Morgan fingerprint density at radius 3 is 2.47 bits per heavy atom. The van der Waals surface area contributed by atoms with E-state index in [2.05, 4.69) is 30.4 Å². The van der Waals surface area contributed by atoms with Crippen molar-refractivity contribution in [3.8, 4) is 0 Å². The number of aliphatic imine (C=N–C) groups is 1. The number of nitrogens with zero attached hydrogens (tertiary/aromatic N) is 3. The van der Waals surface area contributed by atoms with Crippen LogP contribution >= 0.6 is 0 Å². The van der Waals surface area contributed by atoms with Gasteiger partial charge in [0.25, 0.3) is 0 Å². The molecule has 0 radical (unpaired) electrons. The topological polar surface area (TPSA) is 30.2 Å². The molecule has 0 N–H and O–H groups in total. The lowest BCUT2D eigenvalue weighted by atomic mass is 10.1. The highest BCUT2D eigenvalue weighted by Gasteiger charge is 2.08. The molecule has 3 heteroatoms. The molecule has 0 spiro atoms. The molecule has 0 unspecified atom stereocenters.